The van der Waals surface area contributed by atoms with E-state index >= 15 is 0 Å². The minimum atomic E-state index is -3.42. The van der Waals surface area contributed by atoms with Gasteiger partial charge in [-0.1, -0.05) is 0 Å². The van der Waals surface area contributed by atoms with Crippen molar-refractivity contribution < 1.29 is 8.42 Å². The highest BCUT2D eigenvalue weighted by Crippen LogP contribution is 2.26. The number of hydrogen-bond acceptors (Lipinski definition) is 8. The van der Waals surface area contributed by atoms with Gasteiger partial charge in [0.15, 0.2) is 5.82 Å². The molecule has 1 fully saturated rings. The van der Waals surface area contributed by atoms with Crippen LogP contribution in [0.15, 0.2) is 41.4 Å². The monoisotopic (exact) mass is 391 g/mol. The lowest BCUT2D eigenvalue weighted by atomic mass is 10.3. The quantitative estimate of drug-likeness (QED) is 0.653. The molecule has 0 atom stereocenters. The van der Waals surface area contributed by atoms with Crippen LogP contribution < -0.4 is 4.90 Å². The molecular formula is C15H17N7O2S2. The first-order valence-electron chi connectivity index (χ1n) is 8.02. The first-order chi connectivity index (χ1) is 12.5. The van der Waals surface area contributed by atoms with E-state index in [1.807, 2.05) is 24.0 Å². The Morgan fingerprint density at radius 2 is 1.81 bits per heavy atom. The molecule has 0 amide bonds. The first-order valence-corrected chi connectivity index (χ1v) is 10.3. The van der Waals surface area contributed by atoms with Crippen molar-refractivity contribution in [1.29, 1.82) is 0 Å². The van der Waals surface area contributed by atoms with Gasteiger partial charge < -0.3 is 4.90 Å². The summed E-state index contributed by atoms with van der Waals surface area (Å²) >= 11 is 1.31. The summed E-state index contributed by atoms with van der Waals surface area (Å²) < 4.78 is 29.0. The Balaban J connectivity index is 1.48. The zero-order valence-electron chi connectivity index (χ0n) is 14.1. The van der Waals surface area contributed by atoms with E-state index in [-0.39, 0.29) is 0 Å². The molecule has 0 saturated carbocycles. The summed E-state index contributed by atoms with van der Waals surface area (Å²) in [7, 11) is -3.42. The van der Waals surface area contributed by atoms with Crippen LogP contribution in [0.1, 0.15) is 4.88 Å². The highest BCUT2D eigenvalue weighted by Gasteiger charge is 2.30. The number of aryl methyl sites for hydroxylation is 1. The van der Waals surface area contributed by atoms with E-state index in [1.165, 1.54) is 28.3 Å². The maximum absolute atomic E-state index is 12.7. The minimum absolute atomic E-state index is 0.402. The smallest absolute Gasteiger partial charge is 0.252 e. The minimum Gasteiger partial charge on any atom is -0.354 e. The summed E-state index contributed by atoms with van der Waals surface area (Å²) in [5.41, 5.74) is 0. The Bertz CT molecular complexity index is 993. The molecule has 4 heterocycles. The Morgan fingerprint density at radius 3 is 2.46 bits per heavy atom. The summed E-state index contributed by atoms with van der Waals surface area (Å²) in [5, 5.41) is 4.06. The fraction of sp³-hybridized carbons (Fsp3) is 0.333. The number of sulfonamides is 1. The molecule has 9 nitrogen and oxygen atoms in total. The van der Waals surface area contributed by atoms with Gasteiger partial charge in [0.25, 0.3) is 10.0 Å². The van der Waals surface area contributed by atoms with Crippen molar-refractivity contribution in [3.05, 3.63) is 42.1 Å². The predicted molar refractivity (Wildman–Crippen MR) is 97.0 cm³/mol. The Kier molecular flexibility index (Phi) is 4.42. The molecule has 4 rings (SSSR count). The third kappa shape index (κ3) is 3.20. The molecule has 0 unspecified atom stereocenters. The van der Waals surface area contributed by atoms with Crippen molar-refractivity contribution >= 4 is 27.2 Å². The fourth-order valence-electron chi connectivity index (χ4n) is 2.80. The van der Waals surface area contributed by atoms with Crippen molar-refractivity contribution in [2.24, 2.45) is 0 Å². The second kappa shape index (κ2) is 6.74. The highest BCUT2D eigenvalue weighted by atomic mass is 32.2. The predicted octanol–water partition coefficient (Wildman–Crippen LogP) is 0.938. The zero-order valence-corrected chi connectivity index (χ0v) is 15.7. The van der Waals surface area contributed by atoms with E-state index in [1.54, 1.807) is 17.1 Å². The van der Waals surface area contributed by atoms with Crippen molar-refractivity contribution in [3.63, 3.8) is 0 Å². The number of nitrogens with zero attached hydrogens (tertiary/aromatic N) is 7. The van der Waals surface area contributed by atoms with Gasteiger partial charge in [-0.2, -0.15) is 9.40 Å². The second-order valence-electron chi connectivity index (χ2n) is 5.83. The third-order valence-electron chi connectivity index (χ3n) is 4.16. The molecular weight excluding hydrogens is 374 g/mol. The van der Waals surface area contributed by atoms with Gasteiger partial charge in [-0.05, 0) is 19.1 Å². The third-order valence-corrected chi connectivity index (χ3v) is 7.53. The average Bonchev–Trinajstić information content (AvgIpc) is 3.34. The molecule has 26 heavy (non-hydrogen) atoms. The van der Waals surface area contributed by atoms with Crippen LogP contribution in [0.5, 0.6) is 0 Å². The second-order valence-corrected chi connectivity index (χ2v) is 9.28. The molecule has 0 aliphatic carbocycles. The number of piperazine rings is 1. The molecule has 0 bridgehead atoms. The van der Waals surface area contributed by atoms with Gasteiger partial charge in [0, 0.05) is 37.1 Å². The number of hydrogen-bond donors (Lipinski definition) is 0. The summed E-state index contributed by atoms with van der Waals surface area (Å²) in [6, 6.07) is 5.33. The maximum Gasteiger partial charge on any atom is 0.252 e. The summed E-state index contributed by atoms with van der Waals surface area (Å²) in [6.07, 6.45) is 4.49. The Hall–Kier alpha value is -2.37. The van der Waals surface area contributed by atoms with Crippen LogP contribution in [0, 0.1) is 6.92 Å². The van der Waals surface area contributed by atoms with Gasteiger partial charge in [0.1, 0.15) is 29.0 Å². The molecule has 0 spiro atoms. The van der Waals surface area contributed by atoms with Crippen molar-refractivity contribution in [3.8, 4) is 5.82 Å². The number of anilines is 1. The van der Waals surface area contributed by atoms with Crippen LogP contribution in [0.4, 0.5) is 5.82 Å². The largest absolute Gasteiger partial charge is 0.354 e. The average molecular weight is 391 g/mol. The first kappa shape index (κ1) is 17.1. The molecule has 0 N–H and O–H groups in total. The molecule has 3 aromatic rings. The Labute approximate surface area is 155 Å². The molecule has 0 aromatic carbocycles. The lowest BCUT2D eigenvalue weighted by Gasteiger charge is -2.34. The molecule has 136 valence electrons. The SMILES string of the molecule is Cc1ccc(S(=O)(=O)N2CCN(c3cc(-n4cncn4)ncn3)CC2)s1. The normalized spacial score (nSPS) is 16.1. The van der Waals surface area contributed by atoms with E-state index < -0.39 is 10.0 Å². The number of thiophene rings is 1. The van der Waals surface area contributed by atoms with E-state index in [0.717, 1.165) is 10.7 Å². The van der Waals surface area contributed by atoms with Gasteiger partial charge in [0.05, 0.1) is 0 Å². The maximum atomic E-state index is 12.7. The van der Waals surface area contributed by atoms with Crippen molar-refractivity contribution in [2.45, 2.75) is 11.1 Å². The van der Waals surface area contributed by atoms with Crippen LogP contribution in [0.25, 0.3) is 5.82 Å². The van der Waals surface area contributed by atoms with E-state index in [4.69, 9.17) is 0 Å². The van der Waals surface area contributed by atoms with Crippen LogP contribution in [-0.4, -0.2) is 63.6 Å². The molecule has 11 heteroatoms. The Morgan fingerprint density at radius 1 is 1.04 bits per heavy atom. The van der Waals surface area contributed by atoms with E-state index in [0.29, 0.717) is 36.2 Å². The van der Waals surface area contributed by atoms with Gasteiger partial charge in [-0.3, -0.25) is 0 Å². The highest BCUT2D eigenvalue weighted by molar-refractivity contribution is 7.91. The van der Waals surface area contributed by atoms with Crippen LogP contribution in [0.2, 0.25) is 0 Å². The molecule has 1 saturated heterocycles. The van der Waals surface area contributed by atoms with Gasteiger partial charge in [-0.25, -0.2) is 28.1 Å². The molecule has 1 aliphatic rings. The fourth-order valence-corrected chi connectivity index (χ4v) is 5.66. The molecule has 0 radical (unpaired) electrons. The molecule has 1 aliphatic heterocycles. The molecule has 3 aromatic heterocycles. The van der Waals surface area contributed by atoms with Crippen LogP contribution in [-0.2, 0) is 10.0 Å². The summed E-state index contributed by atoms with van der Waals surface area (Å²) in [6.45, 7) is 3.88. The summed E-state index contributed by atoms with van der Waals surface area (Å²) in [5.74, 6) is 1.37. The lowest BCUT2D eigenvalue weighted by Crippen LogP contribution is -2.48. The number of rotatable bonds is 4. The van der Waals surface area contributed by atoms with Crippen LogP contribution >= 0.6 is 11.3 Å². The number of aromatic nitrogens is 5. The van der Waals surface area contributed by atoms with Gasteiger partial charge in [0.2, 0.25) is 0 Å². The standard InChI is InChI=1S/C15H17N7O2S2/c1-12-2-3-15(25-12)26(23,24)21-6-4-20(5-7-21)13-8-14(18-10-17-13)22-11-16-9-19-22/h2-3,8-11H,4-7H2,1H3. The topological polar surface area (TPSA) is 97.1 Å². The van der Waals surface area contributed by atoms with Gasteiger partial charge >= 0.3 is 0 Å². The van der Waals surface area contributed by atoms with E-state index in [9.17, 15) is 8.42 Å². The zero-order chi connectivity index (χ0) is 18.1. The van der Waals surface area contributed by atoms with E-state index in [2.05, 4.69) is 20.1 Å². The van der Waals surface area contributed by atoms with Crippen molar-refractivity contribution in [1.82, 2.24) is 29.0 Å². The lowest BCUT2D eigenvalue weighted by molar-refractivity contribution is 0.384. The summed E-state index contributed by atoms with van der Waals surface area (Å²) in [4.78, 5) is 15.5. The van der Waals surface area contributed by atoms with Crippen molar-refractivity contribution in [2.75, 3.05) is 31.1 Å². The van der Waals surface area contributed by atoms with Crippen LogP contribution in [0.3, 0.4) is 0 Å². The van der Waals surface area contributed by atoms with Gasteiger partial charge in [-0.15, -0.1) is 11.3 Å².